The van der Waals surface area contributed by atoms with Crippen molar-refractivity contribution in [1.29, 1.82) is 0 Å². The molecule has 0 aliphatic heterocycles. The molecule has 0 bridgehead atoms. The van der Waals surface area contributed by atoms with Gasteiger partial charge in [0.2, 0.25) is 0 Å². The number of carbonyl (C=O) groups is 1. The Morgan fingerprint density at radius 3 is 2.80 bits per heavy atom. The first-order valence-corrected chi connectivity index (χ1v) is 6.32. The number of pyridine rings is 1. The van der Waals surface area contributed by atoms with Gasteiger partial charge in [0.05, 0.1) is 11.9 Å². The minimum absolute atomic E-state index is 0.0646. The number of nitrogens with two attached hydrogens (primary N) is 1. The molecule has 2 rings (SSSR count). The molecule has 3 N–H and O–H groups in total. The van der Waals surface area contributed by atoms with Crippen LogP contribution in [0.3, 0.4) is 0 Å². The predicted octanol–water partition coefficient (Wildman–Crippen LogP) is 1.87. The summed E-state index contributed by atoms with van der Waals surface area (Å²) in [6.07, 6.45) is 1.61. The van der Waals surface area contributed by atoms with Gasteiger partial charge >= 0.3 is 0 Å². The second-order valence-electron chi connectivity index (χ2n) is 4.34. The Labute approximate surface area is 117 Å². The van der Waals surface area contributed by atoms with E-state index in [4.69, 9.17) is 10.5 Å². The van der Waals surface area contributed by atoms with Gasteiger partial charge in [0.25, 0.3) is 5.91 Å². The molecule has 1 amide bonds. The minimum Gasteiger partial charge on any atom is -0.483 e. The number of hydrogen-bond acceptors (Lipinski definition) is 4. The molecule has 2 aromatic rings. The number of aryl methyl sites for hydroxylation is 1. The Hall–Kier alpha value is -2.40. The van der Waals surface area contributed by atoms with E-state index in [2.05, 4.69) is 10.3 Å². The highest BCUT2D eigenvalue weighted by atomic mass is 16.5. The first kappa shape index (κ1) is 14.0. The van der Waals surface area contributed by atoms with E-state index in [0.717, 1.165) is 11.3 Å². The number of ether oxygens (including phenoxy) is 1. The molecule has 0 spiro atoms. The molecule has 5 nitrogen and oxygen atoms in total. The quantitative estimate of drug-likeness (QED) is 0.870. The molecule has 0 fully saturated rings. The minimum atomic E-state index is -0.234. The summed E-state index contributed by atoms with van der Waals surface area (Å²) in [6, 6.07) is 11.0. The third-order valence-corrected chi connectivity index (χ3v) is 2.75. The molecule has 0 atom stereocenters. The number of para-hydroxylation sites is 1. The van der Waals surface area contributed by atoms with Gasteiger partial charge in [0, 0.05) is 17.8 Å². The second-order valence-corrected chi connectivity index (χ2v) is 4.34. The fourth-order valence-electron chi connectivity index (χ4n) is 1.70. The highest BCUT2D eigenvalue weighted by Gasteiger charge is 2.06. The maximum absolute atomic E-state index is 11.8. The number of amides is 1. The first-order valence-electron chi connectivity index (χ1n) is 6.32. The number of rotatable bonds is 5. The molecule has 0 radical (unpaired) electrons. The van der Waals surface area contributed by atoms with Crippen LogP contribution in [0.5, 0.6) is 5.75 Å². The van der Waals surface area contributed by atoms with Crippen LogP contribution >= 0.6 is 0 Å². The Bertz CT molecular complexity index is 582. The summed E-state index contributed by atoms with van der Waals surface area (Å²) >= 11 is 0. The molecule has 104 valence electrons. The van der Waals surface area contributed by atoms with E-state index < -0.39 is 0 Å². The van der Waals surface area contributed by atoms with E-state index in [1.807, 2.05) is 31.2 Å². The molecule has 0 saturated carbocycles. The van der Waals surface area contributed by atoms with Gasteiger partial charge in [-0.15, -0.1) is 0 Å². The Morgan fingerprint density at radius 2 is 2.10 bits per heavy atom. The monoisotopic (exact) mass is 271 g/mol. The summed E-state index contributed by atoms with van der Waals surface area (Å²) in [5.74, 6) is 0.398. The lowest BCUT2D eigenvalue weighted by molar-refractivity contribution is -0.118. The molecule has 1 heterocycles. The lowest BCUT2D eigenvalue weighted by Gasteiger charge is -2.10. The van der Waals surface area contributed by atoms with Crippen LogP contribution in [0.1, 0.15) is 11.3 Å². The summed E-state index contributed by atoms with van der Waals surface area (Å²) in [4.78, 5) is 15.9. The summed E-state index contributed by atoms with van der Waals surface area (Å²) < 4.78 is 5.47. The van der Waals surface area contributed by atoms with Gasteiger partial charge in [-0.3, -0.25) is 9.78 Å². The van der Waals surface area contributed by atoms with Crippen LogP contribution in [0.4, 0.5) is 5.69 Å². The Kier molecular flexibility index (Phi) is 4.68. The van der Waals surface area contributed by atoms with Crippen molar-refractivity contribution >= 4 is 11.6 Å². The molecule has 1 aromatic heterocycles. The maximum Gasteiger partial charge on any atom is 0.262 e. The van der Waals surface area contributed by atoms with Crippen molar-refractivity contribution < 1.29 is 9.53 Å². The van der Waals surface area contributed by atoms with Crippen LogP contribution in [0.2, 0.25) is 0 Å². The fraction of sp³-hybridized carbons (Fsp3) is 0.200. The van der Waals surface area contributed by atoms with Crippen LogP contribution in [-0.4, -0.2) is 17.5 Å². The van der Waals surface area contributed by atoms with Crippen LogP contribution in [0.25, 0.3) is 0 Å². The standard InChI is InChI=1S/C15H17N3O2/c1-11-6-7-13(9-17-11)18-15(19)10-20-14-5-3-2-4-12(14)8-16/h2-7,9H,8,10,16H2,1H3,(H,18,19). The molecule has 5 heteroatoms. The lowest BCUT2D eigenvalue weighted by Crippen LogP contribution is -2.20. The second kappa shape index (κ2) is 6.68. The van der Waals surface area contributed by atoms with E-state index in [9.17, 15) is 4.79 Å². The lowest BCUT2D eigenvalue weighted by atomic mass is 10.2. The van der Waals surface area contributed by atoms with Crippen molar-refractivity contribution in [3.63, 3.8) is 0 Å². The van der Waals surface area contributed by atoms with Crippen molar-refractivity contribution in [3.8, 4) is 5.75 Å². The average molecular weight is 271 g/mol. The number of carbonyl (C=O) groups excluding carboxylic acids is 1. The van der Waals surface area contributed by atoms with E-state index in [0.29, 0.717) is 18.0 Å². The molecular weight excluding hydrogens is 254 g/mol. The zero-order valence-electron chi connectivity index (χ0n) is 11.3. The molecule has 0 aliphatic carbocycles. The van der Waals surface area contributed by atoms with Crippen molar-refractivity contribution in [1.82, 2.24) is 4.98 Å². The highest BCUT2D eigenvalue weighted by Crippen LogP contribution is 2.17. The topological polar surface area (TPSA) is 77.2 Å². The number of nitrogens with zero attached hydrogens (tertiary/aromatic N) is 1. The van der Waals surface area contributed by atoms with Crippen molar-refractivity contribution in [2.45, 2.75) is 13.5 Å². The molecule has 1 aromatic carbocycles. The van der Waals surface area contributed by atoms with E-state index in [-0.39, 0.29) is 12.5 Å². The number of benzene rings is 1. The van der Waals surface area contributed by atoms with E-state index in [1.165, 1.54) is 0 Å². The SMILES string of the molecule is Cc1ccc(NC(=O)COc2ccccc2CN)cn1. The van der Waals surface area contributed by atoms with E-state index >= 15 is 0 Å². The molecular formula is C15H17N3O2. The summed E-state index contributed by atoms with van der Waals surface area (Å²) in [5.41, 5.74) is 8.03. The van der Waals surface area contributed by atoms with Crippen molar-refractivity contribution in [2.75, 3.05) is 11.9 Å². The summed E-state index contributed by atoms with van der Waals surface area (Å²) in [5, 5.41) is 2.72. The normalized spacial score (nSPS) is 10.1. The molecule has 20 heavy (non-hydrogen) atoms. The average Bonchev–Trinajstić information content (AvgIpc) is 2.48. The third kappa shape index (κ3) is 3.80. The first-order chi connectivity index (χ1) is 9.69. The third-order valence-electron chi connectivity index (χ3n) is 2.75. The van der Waals surface area contributed by atoms with Crippen LogP contribution in [0, 0.1) is 6.92 Å². The van der Waals surface area contributed by atoms with Crippen LogP contribution in [0.15, 0.2) is 42.6 Å². The molecule has 0 aliphatic rings. The van der Waals surface area contributed by atoms with Crippen LogP contribution in [-0.2, 0) is 11.3 Å². The van der Waals surface area contributed by atoms with Crippen molar-refractivity contribution in [3.05, 3.63) is 53.9 Å². The maximum atomic E-state index is 11.8. The smallest absolute Gasteiger partial charge is 0.262 e. The number of anilines is 1. The van der Waals surface area contributed by atoms with Gasteiger partial charge in [-0.1, -0.05) is 18.2 Å². The van der Waals surface area contributed by atoms with Gasteiger partial charge in [-0.25, -0.2) is 0 Å². The predicted molar refractivity (Wildman–Crippen MR) is 77.4 cm³/mol. The Balaban J connectivity index is 1.90. The zero-order chi connectivity index (χ0) is 14.4. The number of nitrogens with one attached hydrogen (secondary N) is 1. The van der Waals surface area contributed by atoms with Crippen LogP contribution < -0.4 is 15.8 Å². The van der Waals surface area contributed by atoms with E-state index in [1.54, 1.807) is 18.3 Å². The highest BCUT2D eigenvalue weighted by molar-refractivity contribution is 5.91. The fourth-order valence-corrected chi connectivity index (χ4v) is 1.70. The van der Waals surface area contributed by atoms with Gasteiger partial charge < -0.3 is 15.8 Å². The summed E-state index contributed by atoms with van der Waals surface area (Å²) in [6.45, 7) is 2.20. The molecule has 0 unspecified atom stereocenters. The molecule has 0 saturated heterocycles. The number of hydrogen-bond donors (Lipinski definition) is 2. The number of aromatic nitrogens is 1. The largest absolute Gasteiger partial charge is 0.483 e. The Morgan fingerprint density at radius 1 is 1.30 bits per heavy atom. The summed E-state index contributed by atoms with van der Waals surface area (Å²) in [7, 11) is 0. The van der Waals surface area contributed by atoms with Gasteiger partial charge in [-0.2, -0.15) is 0 Å². The van der Waals surface area contributed by atoms with Gasteiger partial charge in [-0.05, 0) is 25.1 Å². The van der Waals surface area contributed by atoms with Gasteiger partial charge in [0.15, 0.2) is 6.61 Å². The zero-order valence-corrected chi connectivity index (χ0v) is 11.3. The van der Waals surface area contributed by atoms with Gasteiger partial charge in [0.1, 0.15) is 5.75 Å². The van der Waals surface area contributed by atoms with Crippen molar-refractivity contribution in [2.24, 2.45) is 5.73 Å².